The summed E-state index contributed by atoms with van der Waals surface area (Å²) in [5, 5.41) is 15.4. The second-order valence-electron chi connectivity index (χ2n) is 9.57. The monoisotopic (exact) mass is 539 g/mol. The number of rotatable bonds is 7. The number of methoxy groups -OCH3 is 1. The molecular formula is C24H30ClN3O7S. The van der Waals surface area contributed by atoms with Crippen molar-refractivity contribution in [3.05, 3.63) is 53.6 Å². The van der Waals surface area contributed by atoms with E-state index in [1.807, 2.05) is 0 Å². The van der Waals surface area contributed by atoms with Crippen LogP contribution < -0.4 is 24.6 Å². The number of benzene rings is 2. The van der Waals surface area contributed by atoms with E-state index < -0.39 is 44.3 Å². The molecule has 1 aliphatic heterocycles. The summed E-state index contributed by atoms with van der Waals surface area (Å²) in [6, 6.07) is 11.2. The Hall–Kier alpha value is -2.86. The third-order valence-electron chi connectivity index (χ3n) is 6.38. The summed E-state index contributed by atoms with van der Waals surface area (Å²) in [6.07, 6.45) is -1.99. The maximum absolute atomic E-state index is 13.2. The molecule has 0 bridgehead atoms. The van der Waals surface area contributed by atoms with Crippen molar-refractivity contribution >= 4 is 33.8 Å². The summed E-state index contributed by atoms with van der Waals surface area (Å²) in [5.41, 5.74) is -0.873. The zero-order valence-corrected chi connectivity index (χ0v) is 22.1. The molecule has 2 aromatic rings. The molecule has 0 aliphatic carbocycles. The Morgan fingerprint density at radius 1 is 1.17 bits per heavy atom. The van der Waals surface area contributed by atoms with Crippen LogP contribution in [0.15, 0.2) is 53.4 Å². The van der Waals surface area contributed by atoms with Crippen molar-refractivity contribution in [2.45, 2.75) is 49.7 Å². The fourth-order valence-corrected chi connectivity index (χ4v) is 6.37. The van der Waals surface area contributed by atoms with E-state index in [1.165, 1.54) is 25.3 Å². The van der Waals surface area contributed by atoms with Gasteiger partial charge in [-0.2, -0.15) is 0 Å². The van der Waals surface area contributed by atoms with Crippen LogP contribution in [-0.4, -0.2) is 62.9 Å². The molecule has 1 aliphatic rings. The van der Waals surface area contributed by atoms with E-state index in [4.69, 9.17) is 21.1 Å². The van der Waals surface area contributed by atoms with Crippen LogP contribution in [0, 0.1) is 0 Å². The van der Waals surface area contributed by atoms with Gasteiger partial charge in [-0.05, 0) is 51.1 Å². The minimum Gasteiger partial charge on any atom is -0.498 e. The van der Waals surface area contributed by atoms with Gasteiger partial charge < -0.3 is 24.7 Å². The number of quaternary nitrogens is 1. The molecule has 0 aromatic heterocycles. The van der Waals surface area contributed by atoms with Gasteiger partial charge >= 0.3 is 6.09 Å². The third-order valence-corrected chi connectivity index (χ3v) is 8.16. The van der Waals surface area contributed by atoms with Crippen LogP contribution in [0.1, 0.15) is 27.2 Å². The number of hydrogen-bond donors (Lipinski definition) is 2. The fraction of sp³-hybridized carbons (Fsp3) is 0.417. The molecule has 1 fully saturated rings. The standard InChI is InChI=1S/C24H30ClN3O7S/c1-24(2,3)28(23(30)31)15-17(27-36(32,33)21-12-16(25)10-11-20(21)34-4)13-18(28)14-26-22(29)35-19-8-6-5-7-9-19/h5-12,17-18,27H,13-15H2,1-4H3,(H-,26,29,30,31)/t17-,18-,28?/m1/s1. The number of para-hydroxylation sites is 1. The van der Waals surface area contributed by atoms with Crippen LogP contribution in [-0.2, 0) is 10.0 Å². The van der Waals surface area contributed by atoms with Crippen molar-refractivity contribution < 1.29 is 37.1 Å². The molecule has 2 N–H and O–H groups in total. The van der Waals surface area contributed by atoms with Gasteiger partial charge in [-0.3, -0.25) is 4.48 Å². The Kier molecular flexibility index (Phi) is 8.19. The van der Waals surface area contributed by atoms with E-state index in [9.17, 15) is 23.1 Å². The van der Waals surface area contributed by atoms with Crippen molar-refractivity contribution in [1.82, 2.24) is 10.0 Å². The van der Waals surface area contributed by atoms with Crippen molar-refractivity contribution in [1.29, 1.82) is 0 Å². The highest BCUT2D eigenvalue weighted by molar-refractivity contribution is 7.89. The number of amides is 2. The number of likely N-dealkylation sites (tertiary alicyclic amines) is 1. The smallest absolute Gasteiger partial charge is 0.412 e. The molecule has 36 heavy (non-hydrogen) atoms. The van der Waals surface area contributed by atoms with Gasteiger partial charge in [0.2, 0.25) is 10.0 Å². The molecule has 0 saturated carbocycles. The summed E-state index contributed by atoms with van der Waals surface area (Å²) in [7, 11) is -2.78. The molecule has 196 valence electrons. The number of hydrogen-bond acceptors (Lipinski definition) is 7. The average Bonchev–Trinajstić information content (AvgIpc) is 3.17. The van der Waals surface area contributed by atoms with E-state index in [0.717, 1.165) is 0 Å². The average molecular weight is 540 g/mol. The maximum Gasteiger partial charge on any atom is 0.412 e. The first-order valence-corrected chi connectivity index (χ1v) is 13.1. The Morgan fingerprint density at radius 3 is 2.42 bits per heavy atom. The van der Waals surface area contributed by atoms with E-state index in [1.54, 1.807) is 51.1 Å². The Balaban J connectivity index is 1.84. The number of nitrogens with zero attached hydrogens (tertiary/aromatic N) is 1. The highest BCUT2D eigenvalue weighted by atomic mass is 35.5. The first kappa shape index (κ1) is 27.7. The van der Waals surface area contributed by atoms with Gasteiger partial charge in [0.05, 0.1) is 25.2 Å². The number of nitrogens with one attached hydrogen (secondary N) is 2. The highest BCUT2D eigenvalue weighted by Gasteiger charge is 2.56. The van der Waals surface area contributed by atoms with E-state index in [2.05, 4.69) is 10.0 Å². The van der Waals surface area contributed by atoms with Crippen LogP contribution in [0.4, 0.5) is 9.59 Å². The van der Waals surface area contributed by atoms with Gasteiger partial charge in [-0.1, -0.05) is 29.8 Å². The summed E-state index contributed by atoms with van der Waals surface area (Å²) in [5.74, 6) is 0.433. The Morgan fingerprint density at radius 2 is 1.83 bits per heavy atom. The summed E-state index contributed by atoms with van der Waals surface area (Å²) >= 11 is 6.01. The first-order valence-electron chi connectivity index (χ1n) is 11.3. The molecule has 1 heterocycles. The third kappa shape index (κ3) is 5.75. The van der Waals surface area contributed by atoms with E-state index in [0.29, 0.717) is 5.75 Å². The van der Waals surface area contributed by atoms with Crippen LogP contribution in [0.25, 0.3) is 0 Å². The Labute approximate surface area is 215 Å². The molecule has 10 nitrogen and oxygen atoms in total. The molecule has 12 heteroatoms. The lowest BCUT2D eigenvalue weighted by Crippen LogP contribution is -2.71. The van der Waals surface area contributed by atoms with Gasteiger partial charge in [0, 0.05) is 11.4 Å². The van der Waals surface area contributed by atoms with Gasteiger partial charge in [-0.15, -0.1) is 0 Å². The predicted octanol–water partition coefficient (Wildman–Crippen LogP) is 2.52. The molecule has 0 radical (unpaired) electrons. The van der Waals surface area contributed by atoms with Gasteiger partial charge in [0.1, 0.15) is 29.0 Å². The molecule has 2 amide bonds. The second kappa shape index (κ2) is 10.6. The minimum atomic E-state index is -4.12. The number of sulfonamides is 1. The number of carboxylic acid groups (broad SMARTS) is 1. The lowest BCUT2D eigenvalue weighted by Gasteiger charge is -2.49. The van der Waals surface area contributed by atoms with Gasteiger partial charge in [0.15, 0.2) is 0 Å². The molecule has 2 aromatic carbocycles. The zero-order chi connectivity index (χ0) is 26.7. The molecule has 0 spiro atoms. The molecule has 1 unspecified atom stereocenters. The number of halogens is 1. The lowest BCUT2D eigenvalue weighted by molar-refractivity contribution is -0.929. The lowest BCUT2D eigenvalue weighted by atomic mass is 10.00. The molecular weight excluding hydrogens is 510 g/mol. The predicted molar refractivity (Wildman–Crippen MR) is 131 cm³/mol. The van der Waals surface area contributed by atoms with Crippen LogP contribution >= 0.6 is 11.6 Å². The largest absolute Gasteiger partial charge is 0.498 e. The van der Waals surface area contributed by atoms with Crippen molar-refractivity contribution in [3.63, 3.8) is 0 Å². The minimum absolute atomic E-state index is 0.0738. The number of carbonyl (C=O) groups is 2. The van der Waals surface area contributed by atoms with Crippen LogP contribution in [0.2, 0.25) is 5.02 Å². The quantitative estimate of drug-likeness (QED) is 0.516. The summed E-state index contributed by atoms with van der Waals surface area (Å²) in [6.45, 7) is 5.03. The van der Waals surface area contributed by atoms with Gasteiger partial charge in [0.25, 0.3) is 6.09 Å². The summed E-state index contributed by atoms with van der Waals surface area (Å²) in [4.78, 5) is 24.7. The summed E-state index contributed by atoms with van der Waals surface area (Å²) < 4.78 is 38.9. The van der Waals surface area contributed by atoms with Gasteiger partial charge in [-0.25, -0.2) is 17.9 Å². The van der Waals surface area contributed by atoms with Crippen molar-refractivity contribution in [2.75, 3.05) is 20.2 Å². The topological polar surface area (TPSA) is 134 Å². The van der Waals surface area contributed by atoms with Crippen molar-refractivity contribution in [2.24, 2.45) is 0 Å². The fourth-order valence-electron chi connectivity index (χ4n) is 4.70. The second-order valence-corrected chi connectivity index (χ2v) is 11.7. The van der Waals surface area contributed by atoms with Crippen molar-refractivity contribution in [3.8, 4) is 11.5 Å². The zero-order valence-electron chi connectivity index (χ0n) is 20.5. The van der Waals surface area contributed by atoms with E-state index >= 15 is 0 Å². The molecule has 3 rings (SSSR count). The highest BCUT2D eigenvalue weighted by Crippen LogP contribution is 2.37. The molecule has 1 saturated heterocycles. The van der Waals surface area contributed by atoms with Crippen LogP contribution in [0.3, 0.4) is 0 Å². The molecule has 3 atom stereocenters. The SMILES string of the molecule is COc1ccc(Cl)cc1S(=O)(=O)N[C@@H]1C[C@H](CNC(=O)Oc2ccccc2)[N+](C(=O)[O-])(C(C)(C)C)C1. The maximum atomic E-state index is 13.2. The van der Waals surface area contributed by atoms with E-state index in [-0.39, 0.29) is 35.2 Å². The Bertz CT molecular complexity index is 1220. The first-order chi connectivity index (χ1) is 16.8. The normalized spacial score (nSPS) is 22.1. The number of carbonyl (C=O) groups excluding carboxylic acids is 2. The van der Waals surface area contributed by atoms with Crippen LogP contribution in [0.5, 0.6) is 11.5 Å². The number of ether oxygens (including phenoxy) is 2.